The molecule has 2 rings (SSSR count). The Morgan fingerprint density at radius 2 is 1.60 bits per heavy atom. The number of rotatable bonds is 4. The number of nitrogens with zero attached hydrogens (tertiary/aromatic N) is 1. The summed E-state index contributed by atoms with van der Waals surface area (Å²) in [6.45, 7) is 1.39. The molecule has 0 aromatic heterocycles. The predicted molar refractivity (Wildman–Crippen MR) is 87.2 cm³/mol. The van der Waals surface area contributed by atoms with E-state index in [0.29, 0.717) is 11.3 Å². The first kappa shape index (κ1) is 18.2. The molecule has 0 saturated carbocycles. The molecule has 0 radical (unpaired) electrons. The van der Waals surface area contributed by atoms with Gasteiger partial charge in [-0.1, -0.05) is 12.1 Å². The molecule has 0 aliphatic rings. The van der Waals surface area contributed by atoms with Crippen LogP contribution in [0.5, 0.6) is 0 Å². The third-order valence-corrected chi connectivity index (χ3v) is 3.09. The van der Waals surface area contributed by atoms with E-state index in [1.54, 1.807) is 24.3 Å². The van der Waals surface area contributed by atoms with Crippen molar-refractivity contribution in [3.05, 3.63) is 65.2 Å². The highest BCUT2D eigenvalue weighted by atomic mass is 19.4. The van der Waals surface area contributed by atoms with Gasteiger partial charge in [-0.15, -0.1) is 0 Å². The monoisotopic (exact) mass is 349 g/mol. The maximum absolute atomic E-state index is 12.5. The van der Waals surface area contributed by atoms with E-state index in [1.807, 2.05) is 0 Å². The van der Waals surface area contributed by atoms with E-state index in [9.17, 15) is 22.8 Å². The standard InChI is InChI=1S/C17H14F3N3O2/c1-11(24)22-15-8-2-12(3-9-15)10-21-23-16(25)13-4-6-14(7-5-13)17(18,19)20/h2-10H,1H3,(H,22,24)(H,23,25)/b21-10+. The first-order valence-electron chi connectivity index (χ1n) is 7.14. The van der Waals surface area contributed by atoms with Crippen molar-refractivity contribution in [3.63, 3.8) is 0 Å². The van der Waals surface area contributed by atoms with Crippen LogP contribution in [0.2, 0.25) is 0 Å². The second-order valence-corrected chi connectivity index (χ2v) is 5.08. The van der Waals surface area contributed by atoms with Gasteiger partial charge in [0.05, 0.1) is 11.8 Å². The zero-order valence-corrected chi connectivity index (χ0v) is 13.1. The molecular formula is C17H14F3N3O2. The summed E-state index contributed by atoms with van der Waals surface area (Å²) < 4.78 is 37.4. The minimum atomic E-state index is -4.45. The number of halogens is 3. The summed E-state index contributed by atoms with van der Waals surface area (Å²) in [5.41, 5.74) is 2.76. The Bertz CT molecular complexity index is 782. The van der Waals surface area contributed by atoms with Crippen molar-refractivity contribution in [2.45, 2.75) is 13.1 Å². The molecule has 2 N–H and O–H groups in total. The van der Waals surface area contributed by atoms with E-state index in [0.717, 1.165) is 24.3 Å². The van der Waals surface area contributed by atoms with E-state index in [1.165, 1.54) is 13.1 Å². The molecule has 0 fully saturated rings. The fraction of sp³-hybridized carbons (Fsp3) is 0.118. The highest BCUT2D eigenvalue weighted by Gasteiger charge is 2.30. The second kappa shape index (κ2) is 7.61. The van der Waals surface area contributed by atoms with Crippen LogP contribution < -0.4 is 10.7 Å². The number of nitrogens with one attached hydrogen (secondary N) is 2. The number of benzene rings is 2. The van der Waals surface area contributed by atoms with E-state index >= 15 is 0 Å². The molecule has 5 nitrogen and oxygen atoms in total. The lowest BCUT2D eigenvalue weighted by Crippen LogP contribution is -2.18. The highest BCUT2D eigenvalue weighted by molar-refractivity contribution is 5.95. The van der Waals surface area contributed by atoms with Crippen molar-refractivity contribution in [1.29, 1.82) is 0 Å². The van der Waals surface area contributed by atoms with Gasteiger partial charge in [-0.05, 0) is 42.0 Å². The first-order chi connectivity index (χ1) is 11.8. The molecule has 0 unspecified atom stereocenters. The molecule has 0 aliphatic heterocycles. The SMILES string of the molecule is CC(=O)Nc1ccc(/C=N/NC(=O)c2ccc(C(F)(F)F)cc2)cc1. The Morgan fingerprint density at radius 3 is 2.12 bits per heavy atom. The van der Waals surface area contributed by atoms with Crippen molar-refractivity contribution in [1.82, 2.24) is 5.43 Å². The lowest BCUT2D eigenvalue weighted by molar-refractivity contribution is -0.137. The van der Waals surface area contributed by atoms with Crippen LogP contribution in [0.15, 0.2) is 53.6 Å². The molecule has 25 heavy (non-hydrogen) atoms. The summed E-state index contributed by atoms with van der Waals surface area (Å²) in [6, 6.07) is 10.5. The van der Waals surface area contributed by atoms with E-state index < -0.39 is 17.6 Å². The fourth-order valence-corrected chi connectivity index (χ4v) is 1.90. The number of hydrazone groups is 1. The van der Waals surface area contributed by atoms with Gasteiger partial charge >= 0.3 is 6.18 Å². The summed E-state index contributed by atoms with van der Waals surface area (Å²) in [6.07, 6.45) is -3.07. The van der Waals surface area contributed by atoms with Crippen LogP contribution >= 0.6 is 0 Å². The average Bonchev–Trinajstić information content (AvgIpc) is 2.55. The van der Waals surface area contributed by atoms with Crippen molar-refractivity contribution in [2.75, 3.05) is 5.32 Å². The van der Waals surface area contributed by atoms with Crippen LogP contribution in [0.3, 0.4) is 0 Å². The first-order valence-corrected chi connectivity index (χ1v) is 7.14. The molecule has 130 valence electrons. The lowest BCUT2D eigenvalue weighted by Gasteiger charge is -2.06. The van der Waals surface area contributed by atoms with Gasteiger partial charge in [0, 0.05) is 18.2 Å². The van der Waals surface area contributed by atoms with Crippen molar-refractivity contribution in [2.24, 2.45) is 5.10 Å². The molecule has 2 amide bonds. The van der Waals surface area contributed by atoms with E-state index in [2.05, 4.69) is 15.8 Å². The molecule has 0 bridgehead atoms. The topological polar surface area (TPSA) is 70.6 Å². The number of alkyl halides is 3. The lowest BCUT2D eigenvalue weighted by atomic mass is 10.1. The van der Waals surface area contributed by atoms with Crippen LogP contribution in [-0.2, 0) is 11.0 Å². The van der Waals surface area contributed by atoms with E-state index in [4.69, 9.17) is 0 Å². The van der Waals surface area contributed by atoms with Crippen LogP contribution in [0.1, 0.15) is 28.4 Å². The third kappa shape index (κ3) is 5.45. The largest absolute Gasteiger partial charge is 0.416 e. The van der Waals surface area contributed by atoms with Gasteiger partial charge in [0.1, 0.15) is 0 Å². The second-order valence-electron chi connectivity index (χ2n) is 5.08. The molecular weight excluding hydrogens is 335 g/mol. The maximum Gasteiger partial charge on any atom is 0.416 e. The summed E-state index contributed by atoms with van der Waals surface area (Å²) in [7, 11) is 0. The number of anilines is 1. The van der Waals surface area contributed by atoms with Crippen molar-refractivity contribution < 1.29 is 22.8 Å². The summed E-state index contributed by atoms with van der Waals surface area (Å²) in [5, 5.41) is 6.36. The highest BCUT2D eigenvalue weighted by Crippen LogP contribution is 2.29. The smallest absolute Gasteiger partial charge is 0.326 e. The van der Waals surface area contributed by atoms with E-state index in [-0.39, 0.29) is 11.5 Å². The minimum absolute atomic E-state index is 0.0613. The normalized spacial score (nSPS) is 11.4. The Balaban J connectivity index is 1.95. The summed E-state index contributed by atoms with van der Waals surface area (Å²) in [5.74, 6) is -0.815. The fourth-order valence-electron chi connectivity index (χ4n) is 1.90. The quantitative estimate of drug-likeness (QED) is 0.656. The maximum atomic E-state index is 12.5. The van der Waals surface area contributed by atoms with Crippen molar-refractivity contribution >= 4 is 23.7 Å². The molecule has 8 heteroatoms. The van der Waals surface area contributed by atoms with Crippen molar-refractivity contribution in [3.8, 4) is 0 Å². The van der Waals surface area contributed by atoms with Gasteiger partial charge in [0.2, 0.25) is 5.91 Å². The Labute approximate surface area is 141 Å². The summed E-state index contributed by atoms with van der Waals surface area (Å²) >= 11 is 0. The predicted octanol–water partition coefficient (Wildman–Crippen LogP) is 3.43. The zero-order valence-electron chi connectivity index (χ0n) is 13.1. The molecule has 0 atom stereocenters. The number of hydrogen-bond donors (Lipinski definition) is 2. The Hall–Kier alpha value is -3.16. The van der Waals surface area contributed by atoms with Crippen LogP contribution in [0.25, 0.3) is 0 Å². The number of amides is 2. The summed E-state index contributed by atoms with van der Waals surface area (Å²) in [4.78, 5) is 22.7. The number of hydrogen-bond acceptors (Lipinski definition) is 3. The Morgan fingerprint density at radius 1 is 1.00 bits per heavy atom. The average molecular weight is 349 g/mol. The van der Waals surface area contributed by atoms with Crippen LogP contribution in [-0.4, -0.2) is 18.0 Å². The molecule has 0 spiro atoms. The van der Waals surface area contributed by atoms with Crippen LogP contribution in [0, 0.1) is 0 Å². The molecule has 2 aromatic carbocycles. The zero-order chi connectivity index (χ0) is 18.4. The van der Waals surface area contributed by atoms with Gasteiger partial charge in [-0.25, -0.2) is 5.43 Å². The molecule has 0 heterocycles. The van der Waals surface area contributed by atoms with Gasteiger partial charge in [0.15, 0.2) is 0 Å². The molecule has 0 saturated heterocycles. The minimum Gasteiger partial charge on any atom is -0.326 e. The van der Waals surface area contributed by atoms with Crippen LogP contribution in [0.4, 0.5) is 18.9 Å². The third-order valence-electron chi connectivity index (χ3n) is 3.09. The number of carbonyl (C=O) groups excluding carboxylic acids is 2. The molecule has 2 aromatic rings. The van der Waals surface area contributed by atoms with Gasteiger partial charge in [-0.2, -0.15) is 18.3 Å². The Kier molecular flexibility index (Phi) is 5.53. The van der Waals surface area contributed by atoms with Gasteiger partial charge < -0.3 is 5.32 Å². The number of carbonyl (C=O) groups is 2. The molecule has 0 aliphatic carbocycles. The van der Waals surface area contributed by atoms with Gasteiger partial charge in [0.25, 0.3) is 5.91 Å². The van der Waals surface area contributed by atoms with Gasteiger partial charge in [-0.3, -0.25) is 9.59 Å².